The van der Waals surface area contributed by atoms with Crippen LogP contribution in [0.2, 0.25) is 0 Å². The van der Waals surface area contributed by atoms with Crippen molar-refractivity contribution in [1.29, 1.82) is 0 Å². The molecule has 0 radical (unpaired) electrons. The molecule has 0 heterocycles. The van der Waals surface area contributed by atoms with E-state index in [1.807, 2.05) is 44.2 Å². The summed E-state index contributed by atoms with van der Waals surface area (Å²) < 4.78 is 5.96. The summed E-state index contributed by atoms with van der Waals surface area (Å²) in [7, 11) is 0. The third kappa shape index (κ3) is 3.43. The number of primary amides is 1. The predicted molar refractivity (Wildman–Crippen MR) is 84.9 cm³/mol. The van der Waals surface area contributed by atoms with Gasteiger partial charge in [0, 0.05) is 5.56 Å². The lowest BCUT2D eigenvalue weighted by Crippen LogP contribution is -2.15. The number of nitrogens with two attached hydrogens (primary N) is 1. The van der Waals surface area contributed by atoms with Crippen molar-refractivity contribution in [2.75, 3.05) is 0 Å². The molecule has 2 aromatic carbocycles. The van der Waals surface area contributed by atoms with Gasteiger partial charge in [-0.05, 0) is 61.2 Å². The summed E-state index contributed by atoms with van der Waals surface area (Å²) in [6.45, 7) is 6.08. The zero-order valence-corrected chi connectivity index (χ0v) is 12.8. The Morgan fingerprint density at radius 1 is 1.19 bits per heavy atom. The highest BCUT2D eigenvalue weighted by molar-refractivity contribution is 5.95. The van der Waals surface area contributed by atoms with E-state index < -0.39 is 0 Å². The number of rotatable bonds is 5. The molecule has 2 rings (SSSR count). The Bertz CT molecular complexity index is 662. The van der Waals surface area contributed by atoms with Crippen molar-refractivity contribution < 1.29 is 9.53 Å². The van der Waals surface area contributed by atoms with E-state index >= 15 is 0 Å². The SMILES string of the molecule is CCCc1c(C(N)=O)ccc(Oc2cccc(C)c2)c1C. The van der Waals surface area contributed by atoms with E-state index in [9.17, 15) is 4.79 Å². The maximum absolute atomic E-state index is 11.5. The molecule has 3 heteroatoms. The minimum absolute atomic E-state index is 0.386. The van der Waals surface area contributed by atoms with E-state index in [1.165, 1.54) is 0 Å². The van der Waals surface area contributed by atoms with E-state index in [0.717, 1.165) is 41.0 Å². The van der Waals surface area contributed by atoms with Gasteiger partial charge >= 0.3 is 0 Å². The van der Waals surface area contributed by atoms with Crippen molar-refractivity contribution in [3.63, 3.8) is 0 Å². The van der Waals surface area contributed by atoms with Crippen molar-refractivity contribution in [3.05, 3.63) is 58.7 Å². The van der Waals surface area contributed by atoms with Gasteiger partial charge in [0.2, 0.25) is 5.91 Å². The Morgan fingerprint density at radius 2 is 1.95 bits per heavy atom. The summed E-state index contributed by atoms with van der Waals surface area (Å²) in [5, 5.41) is 0. The molecule has 0 spiro atoms. The zero-order chi connectivity index (χ0) is 15.4. The van der Waals surface area contributed by atoms with Gasteiger partial charge in [-0.3, -0.25) is 4.79 Å². The minimum atomic E-state index is -0.386. The van der Waals surface area contributed by atoms with Gasteiger partial charge < -0.3 is 10.5 Å². The topological polar surface area (TPSA) is 52.3 Å². The lowest BCUT2D eigenvalue weighted by molar-refractivity contribution is 0.0999. The first-order chi connectivity index (χ1) is 10.0. The quantitative estimate of drug-likeness (QED) is 0.896. The normalized spacial score (nSPS) is 10.4. The summed E-state index contributed by atoms with van der Waals surface area (Å²) in [5.41, 5.74) is 9.15. The Balaban J connectivity index is 2.41. The fraction of sp³-hybridized carbons (Fsp3) is 0.278. The number of hydrogen-bond acceptors (Lipinski definition) is 2. The molecule has 1 amide bonds. The van der Waals surface area contributed by atoms with Crippen LogP contribution in [0.15, 0.2) is 36.4 Å². The zero-order valence-electron chi connectivity index (χ0n) is 12.8. The van der Waals surface area contributed by atoms with Crippen LogP contribution in [-0.2, 0) is 6.42 Å². The van der Waals surface area contributed by atoms with E-state index in [2.05, 4.69) is 6.92 Å². The highest BCUT2D eigenvalue weighted by atomic mass is 16.5. The molecule has 2 aromatic rings. The second-order valence-corrected chi connectivity index (χ2v) is 5.25. The van der Waals surface area contributed by atoms with Crippen LogP contribution in [0.5, 0.6) is 11.5 Å². The second-order valence-electron chi connectivity index (χ2n) is 5.25. The molecule has 2 N–H and O–H groups in total. The summed E-state index contributed by atoms with van der Waals surface area (Å²) >= 11 is 0. The van der Waals surface area contributed by atoms with E-state index in [4.69, 9.17) is 10.5 Å². The van der Waals surface area contributed by atoms with Crippen molar-refractivity contribution in [3.8, 4) is 11.5 Å². The average Bonchev–Trinajstić information content (AvgIpc) is 2.43. The van der Waals surface area contributed by atoms with Gasteiger partial charge in [0.15, 0.2) is 0 Å². The van der Waals surface area contributed by atoms with Crippen molar-refractivity contribution >= 4 is 5.91 Å². The molecule has 0 aliphatic carbocycles. The molecule has 0 bridgehead atoms. The van der Waals surface area contributed by atoms with Gasteiger partial charge in [-0.25, -0.2) is 0 Å². The van der Waals surface area contributed by atoms with Crippen LogP contribution in [-0.4, -0.2) is 5.91 Å². The molecular weight excluding hydrogens is 262 g/mol. The van der Waals surface area contributed by atoms with E-state index in [1.54, 1.807) is 6.07 Å². The fourth-order valence-corrected chi connectivity index (χ4v) is 2.45. The molecule has 0 saturated carbocycles. The molecule has 0 atom stereocenters. The van der Waals surface area contributed by atoms with Crippen LogP contribution in [0.4, 0.5) is 0 Å². The Morgan fingerprint density at radius 3 is 2.57 bits per heavy atom. The first-order valence-corrected chi connectivity index (χ1v) is 7.19. The summed E-state index contributed by atoms with van der Waals surface area (Å²) in [5.74, 6) is 1.19. The van der Waals surface area contributed by atoms with Crippen molar-refractivity contribution in [2.45, 2.75) is 33.6 Å². The Hall–Kier alpha value is -2.29. The van der Waals surface area contributed by atoms with Crippen LogP contribution in [0.3, 0.4) is 0 Å². The van der Waals surface area contributed by atoms with Crippen LogP contribution >= 0.6 is 0 Å². The van der Waals surface area contributed by atoms with Crippen LogP contribution in [0, 0.1) is 13.8 Å². The molecule has 0 unspecified atom stereocenters. The smallest absolute Gasteiger partial charge is 0.248 e. The fourth-order valence-electron chi connectivity index (χ4n) is 2.45. The van der Waals surface area contributed by atoms with Crippen LogP contribution in [0.1, 0.15) is 40.4 Å². The summed E-state index contributed by atoms with van der Waals surface area (Å²) in [6, 6.07) is 11.5. The van der Waals surface area contributed by atoms with Gasteiger partial charge in [-0.15, -0.1) is 0 Å². The summed E-state index contributed by atoms with van der Waals surface area (Å²) in [6.07, 6.45) is 1.77. The van der Waals surface area contributed by atoms with Gasteiger partial charge in [0.1, 0.15) is 11.5 Å². The number of amides is 1. The first kappa shape index (κ1) is 15.1. The molecule has 110 valence electrons. The predicted octanol–water partition coefficient (Wildman–Crippen LogP) is 4.15. The number of carbonyl (C=O) groups excluding carboxylic acids is 1. The molecule has 0 aliphatic rings. The minimum Gasteiger partial charge on any atom is -0.457 e. The van der Waals surface area contributed by atoms with Gasteiger partial charge in [-0.2, -0.15) is 0 Å². The molecule has 3 nitrogen and oxygen atoms in total. The molecular formula is C18H21NO2. The third-order valence-corrected chi connectivity index (χ3v) is 3.53. The Kier molecular flexibility index (Phi) is 4.63. The van der Waals surface area contributed by atoms with E-state index in [-0.39, 0.29) is 5.91 Å². The molecule has 0 aromatic heterocycles. The maximum atomic E-state index is 11.5. The van der Waals surface area contributed by atoms with Crippen LogP contribution in [0.25, 0.3) is 0 Å². The van der Waals surface area contributed by atoms with E-state index in [0.29, 0.717) is 5.56 Å². The molecule has 0 saturated heterocycles. The largest absolute Gasteiger partial charge is 0.457 e. The van der Waals surface area contributed by atoms with Gasteiger partial charge in [0.25, 0.3) is 0 Å². The lowest BCUT2D eigenvalue weighted by Gasteiger charge is -2.15. The molecule has 0 aliphatic heterocycles. The molecule has 0 fully saturated rings. The standard InChI is InChI=1S/C18H21NO2/c1-4-6-15-13(3)17(10-9-16(15)18(19)20)21-14-8-5-7-12(2)11-14/h5,7-11H,4,6H2,1-3H3,(H2,19,20). The van der Waals surface area contributed by atoms with Gasteiger partial charge in [-0.1, -0.05) is 25.5 Å². The lowest BCUT2D eigenvalue weighted by atomic mass is 9.96. The second kappa shape index (κ2) is 6.44. The average molecular weight is 283 g/mol. The van der Waals surface area contributed by atoms with Crippen molar-refractivity contribution in [1.82, 2.24) is 0 Å². The highest BCUT2D eigenvalue weighted by Gasteiger charge is 2.14. The number of hydrogen-bond donors (Lipinski definition) is 1. The summed E-state index contributed by atoms with van der Waals surface area (Å²) in [4.78, 5) is 11.5. The highest BCUT2D eigenvalue weighted by Crippen LogP contribution is 2.30. The maximum Gasteiger partial charge on any atom is 0.248 e. The van der Waals surface area contributed by atoms with Crippen molar-refractivity contribution in [2.24, 2.45) is 5.73 Å². The Labute approximate surface area is 125 Å². The molecule has 21 heavy (non-hydrogen) atoms. The number of ether oxygens (including phenoxy) is 1. The monoisotopic (exact) mass is 283 g/mol. The van der Waals surface area contributed by atoms with Gasteiger partial charge in [0.05, 0.1) is 0 Å². The van der Waals surface area contributed by atoms with Crippen LogP contribution < -0.4 is 10.5 Å². The number of carbonyl (C=O) groups is 1. The number of benzene rings is 2. The first-order valence-electron chi connectivity index (χ1n) is 7.19. The number of aryl methyl sites for hydroxylation is 1. The third-order valence-electron chi connectivity index (χ3n) is 3.53.